The topological polar surface area (TPSA) is 104 Å². The zero-order chi connectivity index (χ0) is 24.6. The number of methoxy groups -OCH3 is 1. The molecule has 2 rings (SSSR count). The van der Waals surface area contributed by atoms with Gasteiger partial charge in [-0.15, -0.1) is 0 Å². The Hall–Kier alpha value is -3.55. The van der Waals surface area contributed by atoms with Gasteiger partial charge in [-0.1, -0.05) is 12.1 Å². The first kappa shape index (κ1) is 25.7. The van der Waals surface area contributed by atoms with Crippen LogP contribution < -0.4 is 20.3 Å². The Morgan fingerprint density at radius 2 is 1.94 bits per heavy atom. The number of ether oxygens (including phenoxy) is 2. The number of carbonyl (C=O) groups excluding carboxylic acids is 2. The van der Waals surface area contributed by atoms with E-state index in [1.165, 1.54) is 26.3 Å². The SMILES string of the molecule is CNC(=O)COCc1ccc(N(C(=S)Nc2ccc(C#N)c(OC)c2F)C(C)(C)C=O)cc1. The van der Waals surface area contributed by atoms with Gasteiger partial charge in [-0.05, 0) is 55.9 Å². The van der Waals surface area contributed by atoms with E-state index in [1.807, 2.05) is 6.07 Å². The van der Waals surface area contributed by atoms with Crippen LogP contribution in [0.25, 0.3) is 0 Å². The number of nitriles is 1. The number of nitrogens with one attached hydrogen (secondary N) is 2. The van der Waals surface area contributed by atoms with Crippen LogP contribution in [0, 0.1) is 17.1 Å². The van der Waals surface area contributed by atoms with Gasteiger partial charge in [0.15, 0.2) is 16.7 Å². The van der Waals surface area contributed by atoms with Crippen LogP contribution in [-0.4, -0.2) is 43.6 Å². The number of amides is 1. The molecule has 0 saturated carbocycles. The molecule has 0 aliphatic carbocycles. The lowest BCUT2D eigenvalue weighted by Crippen LogP contribution is -2.51. The predicted molar refractivity (Wildman–Crippen MR) is 127 cm³/mol. The Bertz CT molecular complexity index is 1070. The molecule has 174 valence electrons. The number of aldehydes is 1. The van der Waals surface area contributed by atoms with Crippen molar-refractivity contribution in [3.05, 3.63) is 53.3 Å². The minimum Gasteiger partial charge on any atom is -0.492 e. The highest BCUT2D eigenvalue weighted by atomic mass is 32.1. The fraction of sp³-hybridized carbons (Fsp3) is 0.304. The van der Waals surface area contributed by atoms with Gasteiger partial charge in [0.2, 0.25) is 5.91 Å². The number of benzene rings is 2. The molecule has 10 heteroatoms. The van der Waals surface area contributed by atoms with Gasteiger partial charge in [0, 0.05) is 12.7 Å². The second-order valence-electron chi connectivity index (χ2n) is 7.49. The van der Waals surface area contributed by atoms with E-state index in [9.17, 15) is 14.0 Å². The highest BCUT2D eigenvalue weighted by molar-refractivity contribution is 7.80. The summed E-state index contributed by atoms with van der Waals surface area (Å²) in [6.07, 6.45) is 0.733. The van der Waals surface area contributed by atoms with Crippen LogP contribution in [0.4, 0.5) is 15.8 Å². The molecule has 8 nitrogen and oxygen atoms in total. The molecule has 0 fully saturated rings. The van der Waals surface area contributed by atoms with Crippen LogP contribution >= 0.6 is 12.2 Å². The van der Waals surface area contributed by atoms with E-state index in [1.54, 1.807) is 43.0 Å². The number of rotatable bonds is 9. The van der Waals surface area contributed by atoms with E-state index < -0.39 is 11.4 Å². The molecule has 2 aromatic carbocycles. The number of anilines is 2. The lowest BCUT2D eigenvalue weighted by atomic mass is 10.0. The minimum atomic E-state index is -1.06. The van der Waals surface area contributed by atoms with E-state index in [0.29, 0.717) is 5.69 Å². The van der Waals surface area contributed by atoms with Gasteiger partial charge in [-0.25, -0.2) is 4.39 Å². The summed E-state index contributed by atoms with van der Waals surface area (Å²) in [5.74, 6) is -1.20. The Morgan fingerprint density at radius 3 is 2.48 bits per heavy atom. The Labute approximate surface area is 197 Å². The van der Waals surface area contributed by atoms with E-state index >= 15 is 0 Å². The summed E-state index contributed by atoms with van der Waals surface area (Å²) in [7, 11) is 2.80. The van der Waals surface area contributed by atoms with Crippen molar-refractivity contribution in [2.45, 2.75) is 26.0 Å². The summed E-state index contributed by atoms with van der Waals surface area (Å²) in [6, 6.07) is 11.7. The summed E-state index contributed by atoms with van der Waals surface area (Å²) < 4.78 is 25.2. The molecule has 33 heavy (non-hydrogen) atoms. The zero-order valence-corrected chi connectivity index (χ0v) is 19.6. The molecule has 2 aromatic rings. The van der Waals surface area contributed by atoms with Gasteiger partial charge in [0.1, 0.15) is 19.0 Å². The van der Waals surface area contributed by atoms with E-state index in [4.69, 9.17) is 27.0 Å². The van der Waals surface area contributed by atoms with Crippen LogP contribution in [0.3, 0.4) is 0 Å². The molecule has 0 spiro atoms. The summed E-state index contributed by atoms with van der Waals surface area (Å²) in [5.41, 5.74) is 0.385. The van der Waals surface area contributed by atoms with Crippen LogP contribution in [0.2, 0.25) is 0 Å². The molecule has 0 heterocycles. The molecule has 0 aliphatic heterocycles. The largest absolute Gasteiger partial charge is 0.492 e. The van der Waals surface area contributed by atoms with Crippen molar-refractivity contribution in [3.63, 3.8) is 0 Å². The van der Waals surface area contributed by atoms with Gasteiger partial charge >= 0.3 is 0 Å². The first-order chi connectivity index (χ1) is 15.7. The number of halogens is 1. The minimum absolute atomic E-state index is 0.00164. The first-order valence-electron chi connectivity index (χ1n) is 9.89. The van der Waals surface area contributed by atoms with Crippen molar-refractivity contribution < 1.29 is 23.5 Å². The molecule has 0 radical (unpaired) electrons. The maximum absolute atomic E-state index is 14.9. The summed E-state index contributed by atoms with van der Waals surface area (Å²) in [5, 5.41) is 14.5. The average Bonchev–Trinajstić information content (AvgIpc) is 2.81. The van der Waals surface area contributed by atoms with Gasteiger partial charge in [-0.3, -0.25) is 4.79 Å². The van der Waals surface area contributed by atoms with E-state index in [2.05, 4.69) is 10.6 Å². The van der Waals surface area contributed by atoms with Crippen molar-refractivity contribution >= 4 is 40.9 Å². The van der Waals surface area contributed by atoms with E-state index in [-0.39, 0.29) is 41.2 Å². The zero-order valence-electron chi connectivity index (χ0n) is 18.8. The van der Waals surface area contributed by atoms with Crippen molar-refractivity contribution in [1.82, 2.24) is 5.32 Å². The van der Waals surface area contributed by atoms with Crippen LogP contribution in [0.5, 0.6) is 5.75 Å². The second-order valence-corrected chi connectivity index (χ2v) is 7.88. The highest BCUT2D eigenvalue weighted by Crippen LogP contribution is 2.30. The number of hydrogen-bond acceptors (Lipinski definition) is 6. The van der Waals surface area contributed by atoms with Crippen molar-refractivity contribution in [2.75, 3.05) is 31.0 Å². The number of likely N-dealkylation sites (N-methyl/N-ethyl adjacent to an activating group) is 1. The molecular weight excluding hydrogens is 447 g/mol. The van der Waals surface area contributed by atoms with Crippen LogP contribution in [-0.2, 0) is 20.9 Å². The molecular formula is C23H25FN4O4S. The standard InChI is InChI=1S/C23H25FN4O4S/c1-23(2,14-29)28(17-8-5-15(6-9-17)12-32-13-19(30)26-3)22(33)27-18-10-7-16(11-25)21(31-4)20(18)24/h5-10,14H,12-13H2,1-4H3,(H,26,30)(H,27,33). The van der Waals surface area contributed by atoms with Crippen LogP contribution in [0.1, 0.15) is 25.0 Å². The molecule has 0 aliphatic rings. The third-order valence-corrected chi connectivity index (χ3v) is 4.99. The summed E-state index contributed by atoms with van der Waals surface area (Å²) >= 11 is 5.51. The lowest BCUT2D eigenvalue weighted by molar-refractivity contribution is -0.125. The number of hydrogen-bond donors (Lipinski definition) is 2. The smallest absolute Gasteiger partial charge is 0.245 e. The first-order valence-corrected chi connectivity index (χ1v) is 10.3. The molecule has 1 amide bonds. The lowest BCUT2D eigenvalue weighted by Gasteiger charge is -2.36. The summed E-state index contributed by atoms with van der Waals surface area (Å²) in [4.78, 5) is 24.6. The van der Waals surface area contributed by atoms with Gasteiger partial charge in [0.05, 0.1) is 30.5 Å². The molecule has 0 saturated heterocycles. The Kier molecular flexibility index (Phi) is 8.85. The third-order valence-electron chi connectivity index (χ3n) is 4.71. The maximum Gasteiger partial charge on any atom is 0.245 e. The van der Waals surface area contributed by atoms with Gasteiger partial charge in [-0.2, -0.15) is 5.26 Å². The maximum atomic E-state index is 14.9. The molecule has 0 unspecified atom stereocenters. The monoisotopic (exact) mass is 472 g/mol. The fourth-order valence-electron chi connectivity index (χ4n) is 2.95. The molecule has 0 bridgehead atoms. The van der Waals surface area contributed by atoms with Crippen molar-refractivity contribution in [2.24, 2.45) is 0 Å². The quantitative estimate of drug-likeness (QED) is 0.424. The fourth-order valence-corrected chi connectivity index (χ4v) is 3.40. The summed E-state index contributed by atoms with van der Waals surface area (Å²) in [6.45, 7) is 3.51. The molecule has 0 atom stereocenters. The second kappa shape index (κ2) is 11.4. The number of carbonyl (C=O) groups is 2. The van der Waals surface area contributed by atoms with Gasteiger partial charge < -0.3 is 29.8 Å². The number of thiocarbonyl (C=S) groups is 1. The third kappa shape index (κ3) is 6.25. The Balaban J connectivity index is 2.29. The van der Waals surface area contributed by atoms with E-state index in [0.717, 1.165) is 11.8 Å². The normalized spacial score (nSPS) is 10.7. The Morgan fingerprint density at radius 1 is 1.27 bits per heavy atom. The molecule has 0 aromatic heterocycles. The highest BCUT2D eigenvalue weighted by Gasteiger charge is 2.31. The number of nitrogens with zero attached hydrogens (tertiary/aromatic N) is 2. The van der Waals surface area contributed by atoms with Gasteiger partial charge in [0.25, 0.3) is 0 Å². The van der Waals surface area contributed by atoms with Crippen molar-refractivity contribution in [1.29, 1.82) is 5.26 Å². The van der Waals surface area contributed by atoms with Crippen LogP contribution in [0.15, 0.2) is 36.4 Å². The predicted octanol–water partition coefficient (Wildman–Crippen LogP) is 3.15. The average molecular weight is 473 g/mol. The van der Waals surface area contributed by atoms with Crippen molar-refractivity contribution in [3.8, 4) is 11.8 Å². The molecule has 2 N–H and O–H groups in total.